The number of halogens is 1. The molecule has 0 saturated heterocycles. The lowest BCUT2D eigenvalue weighted by atomic mass is 10.2. The molecule has 0 amide bonds. The molecule has 0 aliphatic heterocycles. The molecule has 1 aromatic heterocycles. The predicted octanol–water partition coefficient (Wildman–Crippen LogP) is 2.95. The number of hydrogen-bond donors (Lipinski definition) is 1. The highest BCUT2D eigenvalue weighted by Gasteiger charge is 2.05. The fraction of sp³-hybridized carbons (Fsp3) is 0.154. The first-order valence-corrected chi connectivity index (χ1v) is 5.71. The molecule has 1 aromatic carbocycles. The monoisotopic (exact) mass is 247 g/mol. The predicted molar refractivity (Wildman–Crippen MR) is 72.2 cm³/mol. The quantitative estimate of drug-likeness (QED) is 0.848. The molecule has 2 N–H and O–H groups in total. The molecule has 2 aromatic rings. The summed E-state index contributed by atoms with van der Waals surface area (Å²) < 4.78 is 0. The summed E-state index contributed by atoms with van der Waals surface area (Å²) in [4.78, 5) is 6.25. The van der Waals surface area contributed by atoms with Crippen LogP contribution in [0.1, 0.15) is 5.56 Å². The molecule has 1 heterocycles. The van der Waals surface area contributed by atoms with Crippen LogP contribution in [0.25, 0.3) is 0 Å². The minimum Gasteiger partial charge on any atom is -0.399 e. The Labute approximate surface area is 106 Å². The first kappa shape index (κ1) is 11.7. The van der Waals surface area contributed by atoms with Crippen LogP contribution in [0.5, 0.6) is 0 Å². The second-order valence-electron chi connectivity index (χ2n) is 3.92. The lowest BCUT2D eigenvalue weighted by Gasteiger charge is -2.18. The topological polar surface area (TPSA) is 42.1 Å². The van der Waals surface area contributed by atoms with Crippen molar-refractivity contribution in [2.45, 2.75) is 6.54 Å². The van der Waals surface area contributed by atoms with Gasteiger partial charge in [0.05, 0.1) is 0 Å². The summed E-state index contributed by atoms with van der Waals surface area (Å²) in [6.45, 7) is 0.771. The van der Waals surface area contributed by atoms with Crippen molar-refractivity contribution in [1.82, 2.24) is 4.98 Å². The van der Waals surface area contributed by atoms with E-state index in [1.54, 1.807) is 6.07 Å². The van der Waals surface area contributed by atoms with Crippen LogP contribution in [-0.4, -0.2) is 12.0 Å². The fourth-order valence-electron chi connectivity index (χ4n) is 1.64. The van der Waals surface area contributed by atoms with Crippen LogP contribution in [-0.2, 0) is 6.54 Å². The molecule has 0 atom stereocenters. The highest BCUT2D eigenvalue weighted by molar-refractivity contribution is 6.29. The third-order valence-corrected chi connectivity index (χ3v) is 2.65. The molecular formula is C13H14ClN3. The fourth-order valence-corrected chi connectivity index (χ4v) is 1.85. The van der Waals surface area contributed by atoms with Gasteiger partial charge in [0, 0.05) is 25.3 Å². The van der Waals surface area contributed by atoms with E-state index in [0.29, 0.717) is 10.8 Å². The second-order valence-corrected chi connectivity index (χ2v) is 4.31. The Kier molecular flexibility index (Phi) is 3.49. The van der Waals surface area contributed by atoms with Gasteiger partial charge >= 0.3 is 0 Å². The molecule has 3 nitrogen and oxygen atoms in total. The molecule has 4 heteroatoms. The Hall–Kier alpha value is -1.74. The van der Waals surface area contributed by atoms with Gasteiger partial charge in [0.1, 0.15) is 11.0 Å². The molecule has 0 saturated carbocycles. The summed E-state index contributed by atoms with van der Waals surface area (Å²) >= 11 is 5.88. The Balaban J connectivity index is 2.17. The van der Waals surface area contributed by atoms with Gasteiger partial charge in [-0.25, -0.2) is 4.98 Å². The zero-order valence-corrected chi connectivity index (χ0v) is 10.4. The van der Waals surface area contributed by atoms with E-state index < -0.39 is 0 Å². The maximum atomic E-state index is 5.88. The lowest BCUT2D eigenvalue weighted by Crippen LogP contribution is -2.17. The molecule has 17 heavy (non-hydrogen) atoms. The summed E-state index contributed by atoms with van der Waals surface area (Å²) in [5.74, 6) is 0.777. The van der Waals surface area contributed by atoms with Crippen LogP contribution in [0.2, 0.25) is 5.15 Å². The van der Waals surface area contributed by atoms with Gasteiger partial charge in [0.2, 0.25) is 0 Å². The summed E-state index contributed by atoms with van der Waals surface area (Å²) in [7, 11) is 1.96. The molecule has 0 radical (unpaired) electrons. The first-order valence-electron chi connectivity index (χ1n) is 5.33. The summed E-state index contributed by atoms with van der Waals surface area (Å²) in [6.07, 6.45) is 0. The Bertz CT molecular complexity index is 479. The standard InChI is InChI=1S/C13H14ClN3/c1-17(9-10-5-3-2-4-6-10)13-8-11(15)7-12(14)16-13/h2-8H,9H2,1H3,(H2,15,16). The Morgan fingerprint density at radius 2 is 1.94 bits per heavy atom. The third-order valence-electron chi connectivity index (χ3n) is 2.46. The SMILES string of the molecule is CN(Cc1ccccc1)c1cc(N)cc(Cl)n1. The largest absolute Gasteiger partial charge is 0.399 e. The van der Waals surface area contributed by atoms with E-state index in [-0.39, 0.29) is 0 Å². The molecular weight excluding hydrogens is 234 g/mol. The number of nitrogen functional groups attached to an aromatic ring is 1. The lowest BCUT2D eigenvalue weighted by molar-refractivity contribution is 0.899. The van der Waals surface area contributed by atoms with Crippen molar-refractivity contribution in [3.05, 3.63) is 53.2 Å². The highest BCUT2D eigenvalue weighted by atomic mass is 35.5. The second kappa shape index (κ2) is 5.06. The van der Waals surface area contributed by atoms with Crippen LogP contribution in [0.3, 0.4) is 0 Å². The smallest absolute Gasteiger partial charge is 0.133 e. The average Bonchev–Trinajstić information content (AvgIpc) is 2.29. The van der Waals surface area contributed by atoms with Gasteiger partial charge in [-0.1, -0.05) is 41.9 Å². The normalized spacial score (nSPS) is 10.2. The van der Waals surface area contributed by atoms with Crippen molar-refractivity contribution in [1.29, 1.82) is 0 Å². The number of rotatable bonds is 3. The maximum absolute atomic E-state index is 5.88. The van der Waals surface area contributed by atoms with E-state index >= 15 is 0 Å². The Morgan fingerprint density at radius 3 is 2.59 bits per heavy atom. The van der Waals surface area contributed by atoms with E-state index in [1.807, 2.05) is 36.2 Å². The van der Waals surface area contributed by atoms with Crippen LogP contribution < -0.4 is 10.6 Å². The van der Waals surface area contributed by atoms with Gasteiger partial charge < -0.3 is 10.6 Å². The summed E-state index contributed by atoms with van der Waals surface area (Å²) in [5, 5.41) is 0.417. The summed E-state index contributed by atoms with van der Waals surface area (Å²) in [5.41, 5.74) is 7.58. The van der Waals surface area contributed by atoms with E-state index in [1.165, 1.54) is 5.56 Å². The van der Waals surface area contributed by atoms with Crippen LogP contribution in [0.15, 0.2) is 42.5 Å². The minimum absolute atomic E-state index is 0.417. The zero-order valence-electron chi connectivity index (χ0n) is 9.60. The van der Waals surface area contributed by atoms with Gasteiger partial charge in [-0.3, -0.25) is 0 Å². The van der Waals surface area contributed by atoms with Crippen molar-refractivity contribution < 1.29 is 0 Å². The van der Waals surface area contributed by atoms with Crippen LogP contribution in [0, 0.1) is 0 Å². The Morgan fingerprint density at radius 1 is 1.24 bits per heavy atom. The van der Waals surface area contributed by atoms with Crippen molar-refractivity contribution in [3.63, 3.8) is 0 Å². The van der Waals surface area contributed by atoms with Gasteiger partial charge in [-0.05, 0) is 11.6 Å². The first-order chi connectivity index (χ1) is 8.15. The number of aromatic nitrogens is 1. The maximum Gasteiger partial charge on any atom is 0.133 e. The molecule has 0 aliphatic carbocycles. The van der Waals surface area contributed by atoms with E-state index in [2.05, 4.69) is 17.1 Å². The van der Waals surface area contributed by atoms with Crippen molar-refractivity contribution >= 4 is 23.1 Å². The number of nitrogens with zero attached hydrogens (tertiary/aromatic N) is 2. The molecule has 0 fully saturated rings. The van der Waals surface area contributed by atoms with Crippen molar-refractivity contribution in [2.75, 3.05) is 17.7 Å². The van der Waals surface area contributed by atoms with Crippen molar-refractivity contribution in [2.24, 2.45) is 0 Å². The van der Waals surface area contributed by atoms with Gasteiger partial charge in [-0.2, -0.15) is 0 Å². The zero-order chi connectivity index (χ0) is 12.3. The van der Waals surface area contributed by atoms with Crippen LogP contribution >= 0.6 is 11.6 Å². The summed E-state index contributed by atoms with van der Waals surface area (Å²) in [6, 6.07) is 13.6. The van der Waals surface area contributed by atoms with E-state index in [4.69, 9.17) is 17.3 Å². The molecule has 88 valence electrons. The van der Waals surface area contributed by atoms with Crippen LogP contribution in [0.4, 0.5) is 11.5 Å². The van der Waals surface area contributed by atoms with Gasteiger partial charge in [-0.15, -0.1) is 0 Å². The molecule has 0 aliphatic rings. The number of benzene rings is 1. The molecule has 0 unspecified atom stereocenters. The number of nitrogens with two attached hydrogens (primary N) is 1. The third kappa shape index (κ3) is 3.11. The molecule has 0 bridgehead atoms. The van der Waals surface area contributed by atoms with E-state index in [9.17, 15) is 0 Å². The van der Waals surface area contributed by atoms with Gasteiger partial charge in [0.25, 0.3) is 0 Å². The number of anilines is 2. The minimum atomic E-state index is 0.417. The number of hydrogen-bond acceptors (Lipinski definition) is 3. The molecule has 0 spiro atoms. The van der Waals surface area contributed by atoms with Gasteiger partial charge in [0.15, 0.2) is 0 Å². The van der Waals surface area contributed by atoms with E-state index in [0.717, 1.165) is 12.4 Å². The average molecular weight is 248 g/mol. The molecule has 2 rings (SSSR count). The number of pyridine rings is 1. The highest BCUT2D eigenvalue weighted by Crippen LogP contribution is 2.19. The van der Waals surface area contributed by atoms with Crippen molar-refractivity contribution in [3.8, 4) is 0 Å².